The van der Waals surface area contributed by atoms with E-state index in [1.54, 1.807) is 6.92 Å². The molecule has 0 aromatic carbocycles. The van der Waals surface area contributed by atoms with Crippen molar-refractivity contribution in [3.8, 4) is 0 Å². The molecule has 1 atom stereocenters. The Bertz CT molecular complexity index is 86.1. The predicted octanol–water partition coefficient (Wildman–Crippen LogP) is -0.0239. The zero-order valence-corrected chi connectivity index (χ0v) is 4.52. The lowest BCUT2D eigenvalue weighted by molar-refractivity contribution is -0.144. The minimum absolute atomic E-state index is 0.327. The van der Waals surface area contributed by atoms with Gasteiger partial charge in [-0.15, -0.1) is 0 Å². The highest BCUT2D eigenvalue weighted by molar-refractivity contribution is 5.71. The number of aliphatic carboxylic acids is 1. The molecule has 0 aromatic rings. The lowest BCUT2D eigenvalue weighted by atomic mass is 10.6. The van der Waals surface area contributed by atoms with Crippen LogP contribution in [-0.4, -0.2) is 23.9 Å². The summed E-state index contributed by atoms with van der Waals surface area (Å²) in [5.41, 5.74) is 0. The van der Waals surface area contributed by atoms with Gasteiger partial charge in [0.05, 0.1) is 0 Å². The molecule has 0 aliphatic heterocycles. The third-order valence-electron chi connectivity index (χ3n) is 0.600. The molecule has 4 heteroatoms. The number of carboxylic acids is 1. The van der Waals surface area contributed by atoms with E-state index in [4.69, 9.17) is 5.11 Å². The second-order valence-electron chi connectivity index (χ2n) is 1.26. The van der Waals surface area contributed by atoms with Crippen LogP contribution >= 0.6 is 0 Å². The summed E-state index contributed by atoms with van der Waals surface area (Å²) < 4.78 is 11.8. The first-order chi connectivity index (χ1) is 3.68. The number of nitrogens with one attached hydrogen (secondary N) is 1. The van der Waals surface area contributed by atoms with Crippen LogP contribution in [0, 0.1) is 0 Å². The van der Waals surface area contributed by atoms with E-state index in [9.17, 15) is 9.18 Å². The fraction of sp³-hybridized carbons (Fsp3) is 0.750. The van der Waals surface area contributed by atoms with Crippen LogP contribution in [0.5, 0.6) is 0 Å². The standard InChI is InChI=1S/C4H8FNO2/c1-2-6-3(5)4(7)8/h3,6H,2H2,1H3,(H,7,8). The van der Waals surface area contributed by atoms with Crippen LogP contribution in [0.1, 0.15) is 6.92 Å². The van der Waals surface area contributed by atoms with Crippen LogP contribution in [0.3, 0.4) is 0 Å². The molecule has 0 aliphatic rings. The van der Waals surface area contributed by atoms with Gasteiger partial charge < -0.3 is 5.11 Å². The minimum atomic E-state index is -1.92. The first-order valence-electron chi connectivity index (χ1n) is 2.28. The number of carbonyl (C=O) groups is 1. The third kappa shape index (κ3) is 2.52. The summed E-state index contributed by atoms with van der Waals surface area (Å²) in [5.74, 6) is -1.47. The largest absolute Gasteiger partial charge is 0.478 e. The van der Waals surface area contributed by atoms with Gasteiger partial charge in [-0.3, -0.25) is 5.32 Å². The second-order valence-corrected chi connectivity index (χ2v) is 1.26. The maximum Gasteiger partial charge on any atom is 0.353 e. The predicted molar refractivity (Wildman–Crippen MR) is 26.2 cm³/mol. The van der Waals surface area contributed by atoms with E-state index in [2.05, 4.69) is 5.32 Å². The van der Waals surface area contributed by atoms with Crippen molar-refractivity contribution < 1.29 is 14.3 Å². The molecule has 0 spiro atoms. The molecule has 0 aliphatic carbocycles. The van der Waals surface area contributed by atoms with Gasteiger partial charge in [-0.25, -0.2) is 9.18 Å². The zero-order valence-electron chi connectivity index (χ0n) is 4.52. The van der Waals surface area contributed by atoms with Crippen molar-refractivity contribution in [1.82, 2.24) is 5.32 Å². The number of hydrogen-bond acceptors (Lipinski definition) is 2. The molecule has 8 heavy (non-hydrogen) atoms. The SMILES string of the molecule is CCNC(F)C(=O)O. The molecule has 3 nitrogen and oxygen atoms in total. The monoisotopic (exact) mass is 121 g/mol. The zero-order chi connectivity index (χ0) is 6.57. The number of hydrogen-bond donors (Lipinski definition) is 2. The van der Waals surface area contributed by atoms with Gasteiger partial charge in [-0.05, 0) is 6.54 Å². The normalized spacial score (nSPS) is 13.2. The Hall–Kier alpha value is -0.640. The van der Waals surface area contributed by atoms with E-state index in [1.807, 2.05) is 0 Å². The van der Waals surface area contributed by atoms with E-state index in [0.717, 1.165) is 0 Å². The third-order valence-corrected chi connectivity index (χ3v) is 0.600. The van der Waals surface area contributed by atoms with Gasteiger partial charge in [-0.1, -0.05) is 6.92 Å². The van der Waals surface area contributed by atoms with E-state index < -0.39 is 12.3 Å². The summed E-state index contributed by atoms with van der Waals surface area (Å²) in [6.45, 7) is 1.96. The summed E-state index contributed by atoms with van der Waals surface area (Å²) in [5, 5.41) is 9.95. The van der Waals surface area contributed by atoms with E-state index in [1.165, 1.54) is 0 Å². The molecule has 0 aromatic heterocycles. The first-order valence-corrected chi connectivity index (χ1v) is 2.28. The molecule has 0 fully saturated rings. The first kappa shape index (κ1) is 7.36. The highest BCUT2D eigenvalue weighted by atomic mass is 19.1. The van der Waals surface area contributed by atoms with Gasteiger partial charge in [0.15, 0.2) is 0 Å². The maximum atomic E-state index is 11.8. The Labute approximate surface area is 46.5 Å². The molecule has 0 bridgehead atoms. The quantitative estimate of drug-likeness (QED) is 0.516. The fourth-order valence-electron chi connectivity index (χ4n) is 0.267. The fourth-order valence-corrected chi connectivity index (χ4v) is 0.267. The Balaban J connectivity index is 3.32. The van der Waals surface area contributed by atoms with Crippen molar-refractivity contribution in [3.63, 3.8) is 0 Å². The van der Waals surface area contributed by atoms with Gasteiger partial charge >= 0.3 is 5.97 Å². The number of likely N-dealkylation sites (N-methyl/N-ethyl adjacent to an activating group) is 1. The van der Waals surface area contributed by atoms with Gasteiger partial charge in [0.1, 0.15) is 0 Å². The van der Waals surface area contributed by atoms with E-state index >= 15 is 0 Å². The Morgan fingerprint density at radius 1 is 2.00 bits per heavy atom. The molecule has 0 saturated heterocycles. The van der Waals surface area contributed by atoms with Crippen LogP contribution in [0.4, 0.5) is 4.39 Å². The molecule has 1 unspecified atom stereocenters. The van der Waals surface area contributed by atoms with Crippen molar-refractivity contribution in [2.75, 3.05) is 6.54 Å². The Kier molecular flexibility index (Phi) is 3.10. The van der Waals surface area contributed by atoms with Crippen LogP contribution in [0.2, 0.25) is 0 Å². The smallest absolute Gasteiger partial charge is 0.353 e. The number of alkyl halides is 1. The Morgan fingerprint density at radius 2 is 2.50 bits per heavy atom. The van der Waals surface area contributed by atoms with Gasteiger partial charge in [-0.2, -0.15) is 0 Å². The van der Waals surface area contributed by atoms with Crippen LogP contribution in [0.15, 0.2) is 0 Å². The number of rotatable bonds is 3. The van der Waals surface area contributed by atoms with Crippen molar-refractivity contribution in [1.29, 1.82) is 0 Å². The van der Waals surface area contributed by atoms with E-state index in [-0.39, 0.29) is 0 Å². The topological polar surface area (TPSA) is 49.3 Å². The Morgan fingerprint density at radius 3 is 2.62 bits per heavy atom. The average Bonchev–Trinajstić information content (AvgIpc) is 1.67. The van der Waals surface area contributed by atoms with Gasteiger partial charge in [0.25, 0.3) is 0 Å². The minimum Gasteiger partial charge on any atom is -0.478 e. The van der Waals surface area contributed by atoms with Crippen molar-refractivity contribution >= 4 is 5.97 Å². The average molecular weight is 121 g/mol. The summed E-state index contributed by atoms with van der Waals surface area (Å²) >= 11 is 0. The maximum absolute atomic E-state index is 11.8. The van der Waals surface area contributed by atoms with Crippen molar-refractivity contribution in [2.24, 2.45) is 0 Å². The molecule has 2 N–H and O–H groups in total. The number of halogens is 1. The molecule has 0 heterocycles. The lowest BCUT2D eigenvalue weighted by Gasteiger charge is -1.99. The molecular formula is C4H8FNO2. The number of carboxylic acid groups (broad SMARTS) is 1. The summed E-state index contributed by atoms with van der Waals surface area (Å²) in [6, 6.07) is 0. The summed E-state index contributed by atoms with van der Waals surface area (Å²) in [6.07, 6.45) is -1.92. The van der Waals surface area contributed by atoms with Gasteiger partial charge in [0, 0.05) is 0 Å². The summed E-state index contributed by atoms with van der Waals surface area (Å²) in [7, 11) is 0. The molecule has 0 saturated carbocycles. The van der Waals surface area contributed by atoms with Crippen molar-refractivity contribution in [3.05, 3.63) is 0 Å². The molecule has 48 valence electrons. The highest BCUT2D eigenvalue weighted by Gasteiger charge is 2.11. The second kappa shape index (κ2) is 3.37. The molecule has 0 amide bonds. The highest BCUT2D eigenvalue weighted by Crippen LogP contribution is 1.81. The summed E-state index contributed by atoms with van der Waals surface area (Å²) in [4.78, 5) is 9.65. The van der Waals surface area contributed by atoms with Crippen LogP contribution in [0.25, 0.3) is 0 Å². The molecule has 0 radical (unpaired) electrons. The van der Waals surface area contributed by atoms with Crippen molar-refractivity contribution in [2.45, 2.75) is 13.2 Å². The van der Waals surface area contributed by atoms with Gasteiger partial charge in [0.2, 0.25) is 6.30 Å². The van der Waals surface area contributed by atoms with Crippen LogP contribution in [-0.2, 0) is 4.79 Å². The molecule has 0 rings (SSSR count). The molecular weight excluding hydrogens is 113 g/mol. The van der Waals surface area contributed by atoms with Crippen LogP contribution < -0.4 is 5.32 Å². The lowest BCUT2D eigenvalue weighted by Crippen LogP contribution is -2.31. The van der Waals surface area contributed by atoms with E-state index in [0.29, 0.717) is 6.54 Å².